The summed E-state index contributed by atoms with van der Waals surface area (Å²) in [7, 11) is 3.48. The van der Waals surface area contributed by atoms with Crippen LogP contribution in [0.3, 0.4) is 0 Å². The van der Waals surface area contributed by atoms with Crippen LogP contribution in [0.15, 0.2) is 11.1 Å². The number of aryl methyl sites for hydroxylation is 2. The minimum atomic E-state index is -0.619. The second kappa shape index (κ2) is 7.10. The summed E-state index contributed by atoms with van der Waals surface area (Å²) in [6, 6.07) is 0.997. The second-order valence-corrected chi connectivity index (χ2v) is 7.41. The average molecular weight is 388 g/mol. The van der Waals surface area contributed by atoms with Crippen molar-refractivity contribution in [1.29, 1.82) is 0 Å². The number of amidine groups is 1. The molecule has 1 aromatic rings. The summed E-state index contributed by atoms with van der Waals surface area (Å²) < 4.78 is 8.86. The van der Waals surface area contributed by atoms with Gasteiger partial charge in [-0.3, -0.25) is 19.5 Å². The average Bonchev–Trinajstić information content (AvgIpc) is 3.19. The summed E-state index contributed by atoms with van der Waals surface area (Å²) in [6.45, 7) is 7.86. The molecule has 1 aromatic heterocycles. The van der Waals surface area contributed by atoms with Crippen LogP contribution in [0, 0.1) is 13.8 Å². The first-order valence-electron chi connectivity index (χ1n) is 9.49. The van der Waals surface area contributed by atoms with Crippen LogP contribution >= 0.6 is 0 Å². The molecule has 0 N–H and O–H groups in total. The smallest absolute Gasteiger partial charge is 0.379 e. The monoisotopic (exact) mass is 388 g/mol. The Labute approximate surface area is 163 Å². The summed E-state index contributed by atoms with van der Waals surface area (Å²) >= 11 is 0. The molecule has 3 aliphatic rings. The molecule has 3 aliphatic heterocycles. The normalized spacial score (nSPS) is 23.6. The SMILES string of the molecule is Cc1cc(C)n(C2=[N+](C)C3C(=O)N(CCN4CCOCC4)C(=O)N(C)C3=N2)n1. The van der Waals surface area contributed by atoms with Crippen LogP contribution in [-0.4, -0.2) is 112 Å². The largest absolute Gasteiger partial charge is 0.421 e. The van der Waals surface area contributed by atoms with E-state index < -0.39 is 6.04 Å². The van der Waals surface area contributed by atoms with Crippen molar-refractivity contribution >= 4 is 23.7 Å². The minimum Gasteiger partial charge on any atom is -0.379 e. The standard InChI is InChI=1S/C18H26N7O3/c1-12-11-13(2)25(20-12)17-19-15-14(21(17)3)16(26)24(18(27)22(15)4)6-5-23-7-9-28-10-8-23/h11,14H,5-10H2,1-4H3/q+1. The van der Waals surface area contributed by atoms with Gasteiger partial charge in [0, 0.05) is 33.2 Å². The number of carbonyl (C=O) groups is 2. The van der Waals surface area contributed by atoms with Crippen molar-refractivity contribution in [1.82, 2.24) is 24.5 Å². The van der Waals surface area contributed by atoms with Crippen LogP contribution in [0.4, 0.5) is 4.79 Å². The highest BCUT2D eigenvalue weighted by atomic mass is 16.5. The lowest BCUT2D eigenvalue weighted by Crippen LogP contribution is -2.63. The van der Waals surface area contributed by atoms with Crippen LogP contribution in [-0.2, 0) is 9.53 Å². The van der Waals surface area contributed by atoms with Gasteiger partial charge in [0.2, 0.25) is 11.9 Å². The molecule has 2 fully saturated rings. The maximum atomic E-state index is 13.2. The lowest BCUT2D eigenvalue weighted by Gasteiger charge is -2.35. The molecule has 1 atom stereocenters. The molecule has 1 unspecified atom stereocenters. The van der Waals surface area contributed by atoms with Crippen LogP contribution < -0.4 is 0 Å². The Hall–Kier alpha value is -2.59. The molecule has 10 nitrogen and oxygen atoms in total. The van der Waals surface area contributed by atoms with Gasteiger partial charge in [-0.25, -0.2) is 9.37 Å². The molecule has 4 rings (SSSR count). The van der Waals surface area contributed by atoms with Crippen molar-refractivity contribution in [2.45, 2.75) is 19.9 Å². The number of hydrogen-bond acceptors (Lipinski definition) is 6. The number of imide groups is 1. The van der Waals surface area contributed by atoms with Gasteiger partial charge in [0.1, 0.15) is 5.69 Å². The van der Waals surface area contributed by atoms with E-state index in [9.17, 15) is 9.59 Å². The Morgan fingerprint density at radius 1 is 1.21 bits per heavy atom. The number of carbonyl (C=O) groups excluding carboxylic acids is 2. The van der Waals surface area contributed by atoms with Crippen molar-refractivity contribution in [3.63, 3.8) is 0 Å². The fourth-order valence-corrected chi connectivity index (χ4v) is 3.89. The van der Waals surface area contributed by atoms with E-state index >= 15 is 0 Å². The van der Waals surface area contributed by atoms with E-state index in [1.165, 1.54) is 9.80 Å². The number of morpholine rings is 1. The Kier molecular flexibility index (Phi) is 4.76. The van der Waals surface area contributed by atoms with Crippen molar-refractivity contribution in [2.24, 2.45) is 4.99 Å². The number of nitrogens with zero attached hydrogens (tertiary/aromatic N) is 7. The van der Waals surface area contributed by atoms with Crippen LogP contribution in [0.1, 0.15) is 11.4 Å². The lowest BCUT2D eigenvalue weighted by atomic mass is 10.1. The molecule has 0 bridgehead atoms. The third-order valence-electron chi connectivity index (χ3n) is 5.47. The highest BCUT2D eigenvalue weighted by molar-refractivity contribution is 6.22. The number of aromatic nitrogens is 2. The highest BCUT2D eigenvalue weighted by Gasteiger charge is 2.52. The summed E-state index contributed by atoms with van der Waals surface area (Å²) in [4.78, 5) is 35.6. The first kappa shape index (κ1) is 18.8. The molecule has 0 aliphatic carbocycles. The van der Waals surface area contributed by atoms with Gasteiger partial charge in [-0.2, -0.15) is 0 Å². The van der Waals surface area contributed by atoms with Crippen LogP contribution in [0.5, 0.6) is 0 Å². The topological polar surface area (TPSA) is 86.3 Å². The molecule has 0 spiro atoms. The van der Waals surface area contributed by atoms with E-state index in [2.05, 4.69) is 15.0 Å². The molecule has 3 amide bonds. The number of ether oxygens (including phenoxy) is 1. The van der Waals surface area contributed by atoms with Crippen molar-refractivity contribution in [3.05, 3.63) is 17.5 Å². The number of urea groups is 1. The van der Waals surface area contributed by atoms with Crippen molar-refractivity contribution < 1.29 is 18.9 Å². The molecule has 4 heterocycles. The molecule has 150 valence electrons. The molecular formula is C18H26N7O3+. The molecule has 28 heavy (non-hydrogen) atoms. The number of hydrogen-bond donors (Lipinski definition) is 0. The van der Waals surface area contributed by atoms with Gasteiger partial charge in [-0.1, -0.05) is 4.99 Å². The Bertz CT molecular complexity index is 882. The Morgan fingerprint density at radius 2 is 1.93 bits per heavy atom. The van der Waals surface area contributed by atoms with E-state index in [-0.39, 0.29) is 11.9 Å². The summed E-state index contributed by atoms with van der Waals surface area (Å²) in [6.07, 6.45) is 0. The Balaban J connectivity index is 1.59. The number of aliphatic imine (C=N–C) groups is 1. The lowest BCUT2D eigenvalue weighted by molar-refractivity contribution is -0.507. The van der Waals surface area contributed by atoms with Gasteiger partial charge in [0.05, 0.1) is 26.0 Å². The highest BCUT2D eigenvalue weighted by Crippen LogP contribution is 2.20. The van der Waals surface area contributed by atoms with E-state index in [4.69, 9.17) is 4.74 Å². The molecule has 0 radical (unpaired) electrons. The second-order valence-electron chi connectivity index (χ2n) is 7.41. The number of rotatable bonds is 3. The quantitative estimate of drug-likeness (QED) is 0.643. The van der Waals surface area contributed by atoms with Gasteiger partial charge in [-0.15, -0.1) is 9.78 Å². The maximum Gasteiger partial charge on any atom is 0.421 e. The van der Waals surface area contributed by atoms with E-state index in [1.807, 2.05) is 27.0 Å². The predicted octanol–water partition coefficient (Wildman–Crippen LogP) is -0.647. The third-order valence-corrected chi connectivity index (χ3v) is 5.47. The number of amides is 3. The van der Waals surface area contributed by atoms with E-state index in [0.717, 1.165) is 24.5 Å². The predicted molar refractivity (Wildman–Crippen MR) is 102 cm³/mol. The fraction of sp³-hybridized carbons (Fsp3) is 0.611. The zero-order valence-electron chi connectivity index (χ0n) is 16.8. The summed E-state index contributed by atoms with van der Waals surface area (Å²) in [5.74, 6) is 0.755. The van der Waals surface area contributed by atoms with Gasteiger partial charge in [0.15, 0.2) is 0 Å². The van der Waals surface area contributed by atoms with Crippen LogP contribution in [0.2, 0.25) is 0 Å². The third kappa shape index (κ3) is 3.02. The molecule has 0 saturated carbocycles. The molecule has 0 aromatic carbocycles. The van der Waals surface area contributed by atoms with Crippen molar-refractivity contribution in [2.75, 3.05) is 53.5 Å². The van der Waals surface area contributed by atoms with Crippen molar-refractivity contribution in [3.8, 4) is 0 Å². The molecule has 10 heteroatoms. The molecule has 2 saturated heterocycles. The number of likely N-dealkylation sites (N-methyl/N-ethyl adjacent to an activating group) is 2. The van der Waals surface area contributed by atoms with Gasteiger partial charge >= 0.3 is 12.0 Å². The van der Waals surface area contributed by atoms with Gasteiger partial charge < -0.3 is 4.74 Å². The van der Waals surface area contributed by atoms with E-state index in [1.54, 1.807) is 16.3 Å². The zero-order chi connectivity index (χ0) is 20.0. The zero-order valence-corrected chi connectivity index (χ0v) is 16.8. The maximum absolute atomic E-state index is 13.2. The first-order chi connectivity index (χ1) is 13.4. The van der Waals surface area contributed by atoms with Gasteiger partial charge in [-0.05, 0) is 19.9 Å². The number of fused-ring (bicyclic) bond motifs is 1. The first-order valence-corrected chi connectivity index (χ1v) is 9.49. The fourth-order valence-electron chi connectivity index (χ4n) is 3.89. The van der Waals surface area contributed by atoms with Gasteiger partial charge in [0.25, 0.3) is 5.91 Å². The Morgan fingerprint density at radius 3 is 2.57 bits per heavy atom. The summed E-state index contributed by atoms with van der Waals surface area (Å²) in [5, 5.41) is 4.47. The summed E-state index contributed by atoms with van der Waals surface area (Å²) in [5.41, 5.74) is 1.80. The van der Waals surface area contributed by atoms with E-state index in [0.29, 0.717) is 38.1 Å². The minimum absolute atomic E-state index is 0.242. The van der Waals surface area contributed by atoms with Crippen LogP contribution in [0.25, 0.3) is 0 Å². The molecular weight excluding hydrogens is 362 g/mol.